The van der Waals surface area contributed by atoms with Crippen LogP contribution in [0.4, 0.5) is 0 Å². The molecule has 0 amide bonds. The van der Waals surface area contributed by atoms with Crippen LogP contribution >= 0.6 is 0 Å². The van der Waals surface area contributed by atoms with Crippen LogP contribution in [-0.2, 0) is 14.3 Å². The molecule has 4 unspecified atom stereocenters. The van der Waals surface area contributed by atoms with Crippen LogP contribution in [-0.4, -0.2) is 40.3 Å². The predicted octanol–water partition coefficient (Wildman–Crippen LogP) is 3.11. The topological polar surface area (TPSA) is 83.8 Å². The Kier molecular flexibility index (Phi) is 4.94. The summed E-state index contributed by atoms with van der Waals surface area (Å²) in [6.45, 7) is 7.50. The van der Waals surface area contributed by atoms with Crippen molar-refractivity contribution >= 4 is 11.8 Å². The summed E-state index contributed by atoms with van der Waals surface area (Å²) in [5, 5.41) is 22.2. The van der Waals surface area contributed by atoms with Gasteiger partial charge in [0.2, 0.25) is 0 Å². The second kappa shape index (κ2) is 6.80. The summed E-state index contributed by atoms with van der Waals surface area (Å²) in [5.74, 6) is 0.870. The lowest BCUT2D eigenvalue weighted by atomic mass is 9.44. The van der Waals surface area contributed by atoms with E-state index in [2.05, 4.69) is 6.92 Å². The summed E-state index contributed by atoms with van der Waals surface area (Å²) in [6, 6.07) is 0. The molecule has 28 heavy (non-hydrogen) atoms. The summed E-state index contributed by atoms with van der Waals surface area (Å²) in [4.78, 5) is 23.7. The minimum Gasteiger partial charge on any atom is -0.463 e. The Balaban J connectivity index is 1.62. The van der Waals surface area contributed by atoms with Crippen molar-refractivity contribution in [3.05, 3.63) is 0 Å². The van der Waals surface area contributed by atoms with E-state index in [9.17, 15) is 19.8 Å². The third-order valence-corrected chi connectivity index (χ3v) is 9.54. The van der Waals surface area contributed by atoms with Crippen LogP contribution in [0.5, 0.6) is 0 Å². The maximum Gasteiger partial charge on any atom is 0.302 e. The van der Waals surface area contributed by atoms with Gasteiger partial charge in [-0.05, 0) is 81.0 Å². The maximum absolute atomic E-state index is 12.3. The van der Waals surface area contributed by atoms with Gasteiger partial charge in [-0.2, -0.15) is 0 Å². The molecule has 0 heterocycles. The fourth-order valence-corrected chi connectivity index (χ4v) is 8.20. The van der Waals surface area contributed by atoms with Gasteiger partial charge in [-0.1, -0.05) is 13.8 Å². The smallest absolute Gasteiger partial charge is 0.302 e. The molecule has 0 spiro atoms. The van der Waals surface area contributed by atoms with E-state index >= 15 is 0 Å². The lowest BCUT2D eigenvalue weighted by Crippen LogP contribution is -2.60. The molecule has 4 saturated carbocycles. The summed E-state index contributed by atoms with van der Waals surface area (Å²) in [5.41, 5.74) is -0.402. The normalized spacial score (nSPS) is 52.9. The molecule has 5 nitrogen and oxygen atoms in total. The number of aliphatic hydroxyl groups excluding tert-OH is 2. The van der Waals surface area contributed by atoms with Crippen LogP contribution < -0.4 is 0 Å². The fraction of sp³-hybridized carbons (Fsp3) is 0.913. The molecule has 4 aliphatic carbocycles. The monoisotopic (exact) mass is 392 g/mol. The second-order valence-corrected chi connectivity index (χ2v) is 10.7. The number of Topliss-reactive ketones (excluding diaryl/α,β-unsaturated/α-hetero) is 1. The number of rotatable bonds is 2. The largest absolute Gasteiger partial charge is 0.463 e. The van der Waals surface area contributed by atoms with E-state index in [1.807, 2.05) is 6.92 Å². The van der Waals surface area contributed by atoms with Crippen LogP contribution in [0.25, 0.3) is 0 Å². The van der Waals surface area contributed by atoms with Gasteiger partial charge in [-0.25, -0.2) is 0 Å². The molecule has 5 heteroatoms. The number of fused-ring (bicyclic) bond motifs is 5. The van der Waals surface area contributed by atoms with E-state index in [0.717, 1.165) is 38.5 Å². The van der Waals surface area contributed by atoms with Gasteiger partial charge in [0, 0.05) is 18.3 Å². The second-order valence-electron chi connectivity index (χ2n) is 10.7. The first kappa shape index (κ1) is 20.3. The number of hydrogen-bond acceptors (Lipinski definition) is 5. The minimum absolute atomic E-state index is 0.000817. The number of carbonyl (C=O) groups excluding carboxylic acids is 2. The molecule has 2 N–H and O–H groups in total. The van der Waals surface area contributed by atoms with Gasteiger partial charge < -0.3 is 14.9 Å². The van der Waals surface area contributed by atoms with Gasteiger partial charge in [0.1, 0.15) is 11.9 Å². The molecule has 0 radical (unpaired) electrons. The van der Waals surface area contributed by atoms with E-state index in [0.29, 0.717) is 24.2 Å². The minimum atomic E-state index is -0.549. The summed E-state index contributed by atoms with van der Waals surface area (Å²) in [6.07, 6.45) is 5.09. The predicted molar refractivity (Wildman–Crippen MR) is 104 cm³/mol. The van der Waals surface area contributed by atoms with Crippen LogP contribution in [0, 0.1) is 40.4 Å². The average Bonchev–Trinajstić information content (AvgIpc) is 2.89. The van der Waals surface area contributed by atoms with E-state index in [4.69, 9.17) is 4.74 Å². The molecule has 0 aromatic rings. The number of aliphatic hydroxyl groups is 2. The highest BCUT2D eigenvalue weighted by Gasteiger charge is 2.66. The van der Waals surface area contributed by atoms with Gasteiger partial charge in [0.15, 0.2) is 0 Å². The van der Waals surface area contributed by atoms with Gasteiger partial charge in [-0.15, -0.1) is 0 Å². The molecule has 158 valence electrons. The molecular formula is C23H36O5. The first-order chi connectivity index (χ1) is 13.1. The van der Waals surface area contributed by atoms with Crippen molar-refractivity contribution in [1.29, 1.82) is 0 Å². The van der Waals surface area contributed by atoms with Crippen molar-refractivity contribution in [3.8, 4) is 0 Å². The molecular weight excluding hydrogens is 356 g/mol. The Morgan fingerprint density at radius 2 is 1.71 bits per heavy atom. The van der Waals surface area contributed by atoms with Crippen LogP contribution in [0.1, 0.15) is 72.6 Å². The molecule has 4 fully saturated rings. The maximum atomic E-state index is 12.3. The summed E-state index contributed by atoms with van der Waals surface area (Å²) < 4.78 is 5.52. The molecule has 4 aliphatic rings. The number of esters is 1. The molecule has 0 aromatic carbocycles. The number of carbonyl (C=O) groups is 2. The zero-order valence-electron chi connectivity index (χ0n) is 17.7. The van der Waals surface area contributed by atoms with E-state index in [-0.39, 0.29) is 35.1 Å². The van der Waals surface area contributed by atoms with E-state index in [1.54, 1.807) is 6.92 Å². The van der Waals surface area contributed by atoms with Crippen molar-refractivity contribution in [2.75, 3.05) is 0 Å². The Morgan fingerprint density at radius 3 is 2.36 bits per heavy atom. The Hall–Kier alpha value is -0.940. The average molecular weight is 393 g/mol. The van der Waals surface area contributed by atoms with Crippen molar-refractivity contribution in [3.63, 3.8) is 0 Å². The van der Waals surface area contributed by atoms with Crippen LogP contribution in [0.2, 0.25) is 0 Å². The quantitative estimate of drug-likeness (QED) is 0.706. The van der Waals surface area contributed by atoms with Crippen LogP contribution in [0.15, 0.2) is 0 Å². The number of ketones is 1. The molecule has 0 bridgehead atoms. The lowest BCUT2D eigenvalue weighted by molar-refractivity contribution is -0.188. The zero-order valence-corrected chi connectivity index (χ0v) is 17.7. The van der Waals surface area contributed by atoms with Crippen LogP contribution in [0.3, 0.4) is 0 Å². The number of ether oxygens (including phenoxy) is 1. The van der Waals surface area contributed by atoms with Crippen molar-refractivity contribution in [1.82, 2.24) is 0 Å². The summed E-state index contributed by atoms with van der Waals surface area (Å²) >= 11 is 0. The van der Waals surface area contributed by atoms with Crippen molar-refractivity contribution in [2.24, 2.45) is 40.4 Å². The highest BCUT2D eigenvalue weighted by molar-refractivity contribution is 5.80. The summed E-state index contributed by atoms with van der Waals surface area (Å²) in [7, 11) is 0. The van der Waals surface area contributed by atoms with E-state index in [1.165, 1.54) is 6.92 Å². The lowest BCUT2D eigenvalue weighted by Gasteiger charge is -2.62. The standard InChI is InChI=1S/C23H36O5/c1-12(24)17-10-19(26)21-16-6-5-14-9-15(28-13(2)25)7-8-22(14,3)18(16)11-20(27)23(17,21)4/h14-21,26-27H,5-11H2,1-4H3/t14?,15?,16-,17-,18+,19?,20?,21-,22+,23+/m1/s1. The first-order valence-electron chi connectivity index (χ1n) is 11.1. The Bertz CT molecular complexity index is 661. The Morgan fingerprint density at radius 1 is 1.00 bits per heavy atom. The van der Waals surface area contributed by atoms with Gasteiger partial charge in [-0.3, -0.25) is 9.59 Å². The first-order valence-corrected chi connectivity index (χ1v) is 11.1. The molecule has 0 saturated heterocycles. The van der Waals surface area contributed by atoms with Gasteiger partial charge in [0.25, 0.3) is 0 Å². The third kappa shape index (κ3) is 2.79. The van der Waals surface area contributed by atoms with Gasteiger partial charge in [0.05, 0.1) is 12.2 Å². The zero-order chi connectivity index (χ0) is 20.4. The van der Waals surface area contributed by atoms with Crippen molar-refractivity contribution in [2.45, 2.75) is 91.0 Å². The van der Waals surface area contributed by atoms with Crippen molar-refractivity contribution < 1.29 is 24.5 Å². The molecule has 0 aliphatic heterocycles. The SMILES string of the molecule is CC(=O)OC1CC[C@@]2(C)C(CC[C@H]3[C@@H]4C(O)C[C@H](C(C)=O)[C@@]4(C)C(O)C[C@@H]32)C1. The van der Waals surface area contributed by atoms with Gasteiger partial charge >= 0.3 is 5.97 Å². The molecule has 0 aromatic heterocycles. The highest BCUT2D eigenvalue weighted by atomic mass is 16.5. The van der Waals surface area contributed by atoms with E-state index < -0.39 is 17.6 Å². The highest BCUT2D eigenvalue weighted by Crippen LogP contribution is 2.67. The third-order valence-electron chi connectivity index (χ3n) is 9.54. The molecule has 10 atom stereocenters. The molecule has 4 rings (SSSR count). The fourth-order valence-electron chi connectivity index (χ4n) is 8.20. The Labute approximate surface area is 168 Å². The number of hydrogen-bond donors (Lipinski definition) is 2.